The van der Waals surface area contributed by atoms with E-state index in [0.717, 1.165) is 0 Å². The molecule has 2 atom stereocenters. The lowest BCUT2D eigenvalue weighted by molar-refractivity contribution is -0.148. The maximum absolute atomic E-state index is 11.6. The Bertz CT molecular complexity index is 390. The SMILES string of the molecule is CC(C)(C)OC(=O)NC1COC(=O)CC(N)C(=O)OC1. The lowest BCUT2D eigenvalue weighted by Crippen LogP contribution is -2.44. The monoisotopic (exact) mass is 288 g/mol. The molecule has 0 saturated carbocycles. The van der Waals surface area contributed by atoms with Crippen LogP contribution in [-0.4, -0.2) is 48.9 Å². The van der Waals surface area contributed by atoms with Crippen LogP contribution in [0.4, 0.5) is 4.79 Å². The smallest absolute Gasteiger partial charge is 0.408 e. The molecular weight excluding hydrogens is 268 g/mol. The molecule has 1 saturated heterocycles. The standard InChI is InChI=1S/C12H20N2O6/c1-12(2,3)20-11(17)14-7-5-18-9(15)4-8(13)10(16)19-6-7/h7-8H,4-6,13H2,1-3H3,(H,14,17). The highest BCUT2D eigenvalue weighted by atomic mass is 16.6. The molecule has 1 amide bonds. The zero-order chi connectivity index (χ0) is 15.3. The van der Waals surface area contributed by atoms with Gasteiger partial charge in [-0.05, 0) is 20.8 Å². The Balaban J connectivity index is 2.58. The number of nitrogens with two attached hydrogens (primary N) is 1. The number of esters is 2. The molecule has 0 aromatic carbocycles. The van der Waals surface area contributed by atoms with Crippen molar-refractivity contribution in [2.24, 2.45) is 5.73 Å². The Morgan fingerprint density at radius 2 is 1.90 bits per heavy atom. The molecule has 1 aliphatic rings. The number of alkyl carbamates (subject to hydrolysis) is 1. The summed E-state index contributed by atoms with van der Waals surface area (Å²) in [5.74, 6) is -1.33. The highest BCUT2D eigenvalue weighted by molar-refractivity contribution is 5.82. The Hall–Kier alpha value is -1.83. The Morgan fingerprint density at radius 1 is 1.30 bits per heavy atom. The maximum Gasteiger partial charge on any atom is 0.408 e. The van der Waals surface area contributed by atoms with Crippen molar-refractivity contribution in [2.75, 3.05) is 13.2 Å². The van der Waals surface area contributed by atoms with Crippen LogP contribution in [0.15, 0.2) is 0 Å². The minimum absolute atomic E-state index is 0.113. The fraction of sp³-hybridized carbons (Fsp3) is 0.750. The summed E-state index contributed by atoms with van der Waals surface area (Å²) in [6.07, 6.45) is -0.934. The second kappa shape index (κ2) is 6.56. The first-order valence-corrected chi connectivity index (χ1v) is 6.25. The van der Waals surface area contributed by atoms with Gasteiger partial charge in [-0.15, -0.1) is 0 Å². The molecule has 1 heterocycles. The number of amides is 1. The molecule has 3 N–H and O–H groups in total. The Morgan fingerprint density at radius 3 is 2.50 bits per heavy atom. The number of rotatable bonds is 1. The van der Waals surface area contributed by atoms with Crippen LogP contribution in [0.1, 0.15) is 27.2 Å². The normalized spacial score (nSPS) is 24.6. The Kier molecular flexibility index (Phi) is 5.32. The molecule has 2 unspecified atom stereocenters. The molecule has 1 rings (SSSR count). The van der Waals surface area contributed by atoms with Gasteiger partial charge in [-0.3, -0.25) is 9.59 Å². The summed E-state index contributed by atoms with van der Waals surface area (Å²) in [5.41, 5.74) is 4.80. The van der Waals surface area contributed by atoms with Gasteiger partial charge in [0, 0.05) is 0 Å². The first-order valence-electron chi connectivity index (χ1n) is 6.25. The highest BCUT2D eigenvalue weighted by Gasteiger charge is 2.27. The number of cyclic esters (lactones) is 2. The first kappa shape index (κ1) is 16.2. The molecule has 20 heavy (non-hydrogen) atoms. The van der Waals surface area contributed by atoms with E-state index in [-0.39, 0.29) is 19.6 Å². The second-order valence-electron chi connectivity index (χ2n) is 5.47. The Labute approximate surface area is 116 Å². The molecule has 0 radical (unpaired) electrons. The number of nitrogens with one attached hydrogen (secondary N) is 1. The van der Waals surface area contributed by atoms with Crippen LogP contribution in [0.3, 0.4) is 0 Å². The number of carbonyl (C=O) groups excluding carboxylic acids is 3. The third kappa shape index (κ3) is 5.87. The van der Waals surface area contributed by atoms with E-state index in [1.54, 1.807) is 20.8 Å². The van der Waals surface area contributed by atoms with Crippen LogP contribution in [0.2, 0.25) is 0 Å². The van der Waals surface area contributed by atoms with E-state index >= 15 is 0 Å². The van der Waals surface area contributed by atoms with E-state index in [0.29, 0.717) is 0 Å². The molecule has 1 aliphatic heterocycles. The van der Waals surface area contributed by atoms with Gasteiger partial charge >= 0.3 is 18.0 Å². The minimum atomic E-state index is -1.05. The van der Waals surface area contributed by atoms with Crippen LogP contribution >= 0.6 is 0 Å². The van der Waals surface area contributed by atoms with Crippen molar-refractivity contribution in [3.8, 4) is 0 Å². The van der Waals surface area contributed by atoms with Gasteiger partial charge in [0.15, 0.2) is 0 Å². The average molecular weight is 288 g/mol. The topological polar surface area (TPSA) is 117 Å². The van der Waals surface area contributed by atoms with Crippen molar-refractivity contribution < 1.29 is 28.6 Å². The molecule has 0 bridgehead atoms. The van der Waals surface area contributed by atoms with Crippen LogP contribution in [-0.2, 0) is 23.8 Å². The minimum Gasteiger partial charge on any atom is -0.463 e. The summed E-state index contributed by atoms with van der Waals surface area (Å²) < 4.78 is 14.9. The molecule has 0 aliphatic carbocycles. The van der Waals surface area contributed by atoms with E-state index in [9.17, 15) is 14.4 Å². The highest BCUT2D eigenvalue weighted by Crippen LogP contribution is 2.07. The lowest BCUT2D eigenvalue weighted by Gasteiger charge is -2.23. The van der Waals surface area contributed by atoms with Crippen molar-refractivity contribution in [3.63, 3.8) is 0 Å². The molecule has 1 fully saturated rings. The number of hydrogen-bond acceptors (Lipinski definition) is 7. The van der Waals surface area contributed by atoms with Gasteiger partial charge in [-0.1, -0.05) is 0 Å². The van der Waals surface area contributed by atoms with Crippen molar-refractivity contribution in [3.05, 3.63) is 0 Å². The van der Waals surface area contributed by atoms with Gasteiger partial charge in [0.2, 0.25) is 0 Å². The molecule has 0 aromatic heterocycles. The largest absolute Gasteiger partial charge is 0.463 e. The van der Waals surface area contributed by atoms with Crippen LogP contribution < -0.4 is 11.1 Å². The van der Waals surface area contributed by atoms with Crippen molar-refractivity contribution >= 4 is 18.0 Å². The summed E-state index contributed by atoms with van der Waals surface area (Å²) in [6.45, 7) is 4.90. The van der Waals surface area contributed by atoms with Crippen molar-refractivity contribution in [1.82, 2.24) is 5.32 Å². The van der Waals surface area contributed by atoms with Crippen LogP contribution in [0.25, 0.3) is 0 Å². The summed E-state index contributed by atoms with van der Waals surface area (Å²) >= 11 is 0. The molecule has 8 heteroatoms. The average Bonchev–Trinajstić information content (AvgIpc) is 2.33. The van der Waals surface area contributed by atoms with E-state index in [4.69, 9.17) is 19.9 Å². The molecule has 8 nitrogen and oxygen atoms in total. The number of carbonyl (C=O) groups is 3. The molecule has 114 valence electrons. The van der Waals surface area contributed by atoms with Gasteiger partial charge in [-0.25, -0.2) is 4.79 Å². The summed E-state index contributed by atoms with van der Waals surface area (Å²) in [7, 11) is 0. The summed E-state index contributed by atoms with van der Waals surface area (Å²) in [4.78, 5) is 34.4. The van der Waals surface area contributed by atoms with Crippen molar-refractivity contribution in [2.45, 2.75) is 44.9 Å². The van der Waals surface area contributed by atoms with E-state index < -0.39 is 35.7 Å². The maximum atomic E-state index is 11.6. The van der Waals surface area contributed by atoms with Crippen LogP contribution in [0.5, 0.6) is 0 Å². The number of hydrogen-bond donors (Lipinski definition) is 2. The first-order chi connectivity index (χ1) is 9.17. The quantitative estimate of drug-likeness (QED) is 0.502. The van der Waals surface area contributed by atoms with Crippen molar-refractivity contribution in [1.29, 1.82) is 0 Å². The van der Waals surface area contributed by atoms with Gasteiger partial charge in [0.25, 0.3) is 0 Å². The molecule has 0 spiro atoms. The number of ether oxygens (including phenoxy) is 3. The predicted molar refractivity (Wildman–Crippen MR) is 67.7 cm³/mol. The fourth-order valence-corrected chi connectivity index (χ4v) is 1.41. The van der Waals surface area contributed by atoms with Gasteiger partial charge in [0.05, 0.1) is 6.42 Å². The van der Waals surface area contributed by atoms with E-state index in [1.165, 1.54) is 0 Å². The van der Waals surface area contributed by atoms with E-state index in [2.05, 4.69) is 5.32 Å². The van der Waals surface area contributed by atoms with Gasteiger partial charge in [-0.2, -0.15) is 0 Å². The van der Waals surface area contributed by atoms with Crippen LogP contribution in [0, 0.1) is 0 Å². The van der Waals surface area contributed by atoms with Gasteiger partial charge < -0.3 is 25.3 Å². The summed E-state index contributed by atoms with van der Waals surface area (Å²) in [6, 6.07) is -1.73. The second-order valence-corrected chi connectivity index (χ2v) is 5.47. The third-order valence-electron chi connectivity index (χ3n) is 2.28. The van der Waals surface area contributed by atoms with E-state index in [1.807, 2.05) is 0 Å². The fourth-order valence-electron chi connectivity index (χ4n) is 1.41. The molecule has 0 aromatic rings. The third-order valence-corrected chi connectivity index (χ3v) is 2.28. The van der Waals surface area contributed by atoms with Gasteiger partial charge in [0.1, 0.15) is 30.9 Å². The lowest BCUT2D eigenvalue weighted by atomic mass is 10.2. The predicted octanol–water partition coefficient (Wildman–Crippen LogP) is -0.303. The molecular formula is C12H20N2O6. The summed E-state index contributed by atoms with van der Waals surface area (Å²) in [5, 5.41) is 2.47. The zero-order valence-corrected chi connectivity index (χ0v) is 11.8. The zero-order valence-electron chi connectivity index (χ0n) is 11.8.